The number of methoxy groups -OCH3 is 1. The predicted octanol–water partition coefficient (Wildman–Crippen LogP) is 1.27. The molecule has 0 spiro atoms. The SMILES string of the molecule is COCc1ccc(NCC(=O)NCCC#N)cc1. The van der Waals surface area contributed by atoms with Gasteiger partial charge in [-0.2, -0.15) is 5.26 Å². The molecule has 18 heavy (non-hydrogen) atoms. The number of benzene rings is 1. The molecule has 5 heteroatoms. The predicted molar refractivity (Wildman–Crippen MR) is 68.9 cm³/mol. The van der Waals surface area contributed by atoms with E-state index in [1.165, 1.54) is 0 Å². The van der Waals surface area contributed by atoms with Crippen molar-refractivity contribution >= 4 is 11.6 Å². The van der Waals surface area contributed by atoms with Gasteiger partial charge in [0, 0.05) is 19.3 Å². The Balaban J connectivity index is 2.30. The van der Waals surface area contributed by atoms with Gasteiger partial charge in [-0.3, -0.25) is 4.79 Å². The number of rotatable bonds is 7. The third-order valence-electron chi connectivity index (χ3n) is 2.28. The molecule has 0 heterocycles. The Morgan fingerprint density at radius 3 is 2.72 bits per heavy atom. The molecule has 5 nitrogen and oxygen atoms in total. The molecule has 0 unspecified atom stereocenters. The maximum atomic E-state index is 11.4. The lowest BCUT2D eigenvalue weighted by Crippen LogP contribution is -2.30. The van der Waals surface area contributed by atoms with Gasteiger partial charge in [0.15, 0.2) is 0 Å². The first-order valence-corrected chi connectivity index (χ1v) is 5.71. The fourth-order valence-electron chi connectivity index (χ4n) is 1.39. The van der Waals surface area contributed by atoms with E-state index >= 15 is 0 Å². The Labute approximate surface area is 107 Å². The first-order valence-electron chi connectivity index (χ1n) is 5.71. The molecule has 0 aromatic heterocycles. The first kappa shape index (κ1) is 14.0. The average Bonchev–Trinajstić information content (AvgIpc) is 2.39. The van der Waals surface area contributed by atoms with E-state index in [0.29, 0.717) is 19.6 Å². The average molecular weight is 247 g/mol. The van der Waals surface area contributed by atoms with E-state index in [4.69, 9.17) is 10.00 Å². The van der Waals surface area contributed by atoms with Crippen molar-refractivity contribution in [3.63, 3.8) is 0 Å². The second-order valence-corrected chi connectivity index (χ2v) is 3.74. The van der Waals surface area contributed by atoms with Gasteiger partial charge in [-0.05, 0) is 17.7 Å². The number of hydrogen-bond donors (Lipinski definition) is 2. The number of carbonyl (C=O) groups excluding carboxylic acids is 1. The topological polar surface area (TPSA) is 74.2 Å². The van der Waals surface area contributed by atoms with Crippen LogP contribution in [0.1, 0.15) is 12.0 Å². The second kappa shape index (κ2) is 8.09. The summed E-state index contributed by atoms with van der Waals surface area (Å²) in [6, 6.07) is 9.66. The van der Waals surface area contributed by atoms with Crippen LogP contribution in [0.3, 0.4) is 0 Å². The Hall–Kier alpha value is -2.06. The number of nitrogens with one attached hydrogen (secondary N) is 2. The third-order valence-corrected chi connectivity index (χ3v) is 2.28. The van der Waals surface area contributed by atoms with Crippen LogP contribution >= 0.6 is 0 Å². The summed E-state index contributed by atoms with van der Waals surface area (Å²) in [5.74, 6) is -0.119. The van der Waals surface area contributed by atoms with Gasteiger partial charge in [0.25, 0.3) is 0 Å². The van der Waals surface area contributed by atoms with Crippen LogP contribution in [0.15, 0.2) is 24.3 Å². The van der Waals surface area contributed by atoms with Gasteiger partial charge in [-0.25, -0.2) is 0 Å². The fourth-order valence-corrected chi connectivity index (χ4v) is 1.39. The quantitative estimate of drug-likeness (QED) is 0.712. The summed E-state index contributed by atoms with van der Waals surface area (Å²) in [5.41, 5.74) is 1.96. The summed E-state index contributed by atoms with van der Waals surface area (Å²) < 4.78 is 5.01. The van der Waals surface area contributed by atoms with Gasteiger partial charge in [-0.15, -0.1) is 0 Å². The summed E-state index contributed by atoms with van der Waals surface area (Å²) >= 11 is 0. The molecule has 0 saturated heterocycles. The maximum Gasteiger partial charge on any atom is 0.239 e. The second-order valence-electron chi connectivity index (χ2n) is 3.74. The smallest absolute Gasteiger partial charge is 0.239 e. The number of anilines is 1. The third kappa shape index (κ3) is 5.32. The summed E-state index contributed by atoms with van der Waals surface area (Å²) in [5, 5.41) is 14.0. The van der Waals surface area contributed by atoms with Gasteiger partial charge in [0.1, 0.15) is 0 Å². The number of hydrogen-bond acceptors (Lipinski definition) is 4. The minimum absolute atomic E-state index is 0.119. The van der Waals surface area contributed by atoms with Gasteiger partial charge in [0.05, 0.1) is 25.6 Å². The molecule has 0 aliphatic heterocycles. The largest absolute Gasteiger partial charge is 0.380 e. The van der Waals surface area contributed by atoms with E-state index in [1.807, 2.05) is 30.3 Å². The van der Waals surface area contributed by atoms with Crippen molar-refractivity contribution in [2.75, 3.05) is 25.5 Å². The van der Waals surface area contributed by atoms with Crippen LogP contribution in [-0.4, -0.2) is 26.1 Å². The van der Waals surface area contributed by atoms with Crippen LogP contribution < -0.4 is 10.6 Å². The van der Waals surface area contributed by atoms with Gasteiger partial charge >= 0.3 is 0 Å². The van der Waals surface area contributed by atoms with Crippen LogP contribution in [0, 0.1) is 11.3 Å². The van der Waals surface area contributed by atoms with Gasteiger partial charge < -0.3 is 15.4 Å². The highest BCUT2D eigenvalue weighted by Crippen LogP contribution is 2.09. The van der Waals surface area contributed by atoms with Gasteiger partial charge in [-0.1, -0.05) is 12.1 Å². The minimum atomic E-state index is -0.119. The monoisotopic (exact) mass is 247 g/mol. The highest BCUT2D eigenvalue weighted by molar-refractivity contribution is 5.80. The lowest BCUT2D eigenvalue weighted by atomic mass is 10.2. The van der Waals surface area contributed by atoms with E-state index in [2.05, 4.69) is 10.6 Å². The van der Waals surface area contributed by atoms with Crippen molar-refractivity contribution in [2.45, 2.75) is 13.0 Å². The zero-order valence-electron chi connectivity index (χ0n) is 10.4. The molecular formula is C13H17N3O2. The van der Waals surface area contributed by atoms with E-state index in [1.54, 1.807) is 7.11 Å². The molecule has 1 amide bonds. The Kier molecular flexibility index (Phi) is 6.30. The molecule has 0 bridgehead atoms. The molecule has 0 atom stereocenters. The molecule has 0 saturated carbocycles. The molecule has 0 fully saturated rings. The Bertz CT molecular complexity index is 409. The number of carbonyl (C=O) groups is 1. The molecule has 1 aromatic rings. The van der Waals surface area contributed by atoms with Crippen LogP contribution in [-0.2, 0) is 16.1 Å². The van der Waals surface area contributed by atoms with E-state index in [0.717, 1.165) is 11.3 Å². The van der Waals surface area contributed by atoms with Crippen molar-refractivity contribution in [1.29, 1.82) is 5.26 Å². The fraction of sp³-hybridized carbons (Fsp3) is 0.385. The van der Waals surface area contributed by atoms with E-state index in [-0.39, 0.29) is 12.5 Å². The van der Waals surface area contributed by atoms with Gasteiger partial charge in [0.2, 0.25) is 5.91 Å². The zero-order chi connectivity index (χ0) is 13.2. The number of ether oxygens (including phenoxy) is 1. The Morgan fingerprint density at radius 1 is 1.39 bits per heavy atom. The van der Waals surface area contributed by atoms with E-state index < -0.39 is 0 Å². The lowest BCUT2D eigenvalue weighted by molar-refractivity contribution is -0.119. The number of nitriles is 1. The highest BCUT2D eigenvalue weighted by atomic mass is 16.5. The summed E-state index contributed by atoms with van der Waals surface area (Å²) in [6.45, 7) is 1.17. The molecule has 1 aromatic carbocycles. The summed E-state index contributed by atoms with van der Waals surface area (Å²) in [7, 11) is 1.65. The molecule has 1 rings (SSSR count). The van der Waals surface area contributed by atoms with Crippen LogP contribution in [0.2, 0.25) is 0 Å². The summed E-state index contributed by atoms with van der Waals surface area (Å²) in [4.78, 5) is 11.4. The molecule has 0 aliphatic carbocycles. The van der Waals surface area contributed by atoms with Crippen molar-refractivity contribution in [1.82, 2.24) is 5.32 Å². The normalized spacial score (nSPS) is 9.56. The standard InChI is InChI=1S/C13H17N3O2/c1-18-10-11-3-5-12(6-4-11)16-9-13(17)15-8-2-7-14/h3-6,16H,2,8-10H2,1H3,(H,15,17). The zero-order valence-corrected chi connectivity index (χ0v) is 10.4. The van der Waals surface area contributed by atoms with Crippen LogP contribution in [0.4, 0.5) is 5.69 Å². The van der Waals surface area contributed by atoms with Crippen molar-refractivity contribution in [3.8, 4) is 6.07 Å². The van der Waals surface area contributed by atoms with E-state index in [9.17, 15) is 4.79 Å². The first-order chi connectivity index (χ1) is 8.76. The molecule has 0 aliphatic rings. The Morgan fingerprint density at radius 2 is 2.11 bits per heavy atom. The van der Waals surface area contributed by atoms with Crippen LogP contribution in [0.5, 0.6) is 0 Å². The summed E-state index contributed by atoms with van der Waals surface area (Å²) in [6.07, 6.45) is 0.331. The number of amides is 1. The maximum absolute atomic E-state index is 11.4. The lowest BCUT2D eigenvalue weighted by Gasteiger charge is -2.07. The van der Waals surface area contributed by atoms with Crippen LogP contribution in [0.25, 0.3) is 0 Å². The molecule has 96 valence electrons. The minimum Gasteiger partial charge on any atom is -0.380 e. The molecule has 2 N–H and O–H groups in total. The highest BCUT2D eigenvalue weighted by Gasteiger charge is 2.00. The van der Waals surface area contributed by atoms with Crippen molar-refractivity contribution in [2.24, 2.45) is 0 Å². The molecule has 0 radical (unpaired) electrons. The van der Waals surface area contributed by atoms with Crippen molar-refractivity contribution in [3.05, 3.63) is 29.8 Å². The number of nitrogens with zero attached hydrogens (tertiary/aromatic N) is 1. The molecular weight excluding hydrogens is 230 g/mol. The van der Waals surface area contributed by atoms with Crippen molar-refractivity contribution < 1.29 is 9.53 Å².